The van der Waals surface area contributed by atoms with Crippen LogP contribution in [-0.2, 0) is 14.1 Å². The fourth-order valence-electron chi connectivity index (χ4n) is 2.63. The molecule has 0 aliphatic carbocycles. The van der Waals surface area contributed by atoms with Gasteiger partial charge < -0.3 is 15.3 Å². The molecule has 0 aromatic carbocycles. The van der Waals surface area contributed by atoms with Crippen LogP contribution in [0, 0.1) is 0 Å². The van der Waals surface area contributed by atoms with Crippen molar-refractivity contribution in [1.29, 1.82) is 0 Å². The standard InChI is InChI=1S/C14H24N4O3/c1-16-12(8-13(20)17(2)14(16)21)15-9-11(19)10-18-6-4-3-5-7-18/h8,11,15,19H,3-7,9-10H2,1-2H3. The third kappa shape index (κ3) is 3.95. The van der Waals surface area contributed by atoms with Crippen molar-refractivity contribution in [1.82, 2.24) is 14.0 Å². The smallest absolute Gasteiger partial charge is 0.332 e. The zero-order chi connectivity index (χ0) is 15.4. The third-order valence-corrected chi connectivity index (χ3v) is 3.96. The summed E-state index contributed by atoms with van der Waals surface area (Å²) < 4.78 is 2.42. The van der Waals surface area contributed by atoms with E-state index in [9.17, 15) is 14.7 Å². The monoisotopic (exact) mass is 296 g/mol. The van der Waals surface area contributed by atoms with Gasteiger partial charge in [-0.05, 0) is 25.9 Å². The molecule has 118 valence electrons. The average molecular weight is 296 g/mol. The van der Waals surface area contributed by atoms with E-state index in [0.717, 1.165) is 17.7 Å². The number of hydrogen-bond donors (Lipinski definition) is 2. The minimum absolute atomic E-state index is 0.316. The van der Waals surface area contributed by atoms with Crippen LogP contribution in [0.15, 0.2) is 15.7 Å². The molecule has 1 aliphatic heterocycles. The summed E-state index contributed by atoms with van der Waals surface area (Å²) in [4.78, 5) is 25.6. The fourth-order valence-corrected chi connectivity index (χ4v) is 2.63. The number of aromatic nitrogens is 2. The van der Waals surface area contributed by atoms with Gasteiger partial charge in [0, 0.05) is 33.3 Å². The molecule has 7 nitrogen and oxygen atoms in total. The van der Waals surface area contributed by atoms with Gasteiger partial charge in [0.25, 0.3) is 5.56 Å². The molecule has 1 aromatic heterocycles. The van der Waals surface area contributed by atoms with Gasteiger partial charge in [-0.2, -0.15) is 0 Å². The highest BCUT2D eigenvalue weighted by atomic mass is 16.3. The summed E-state index contributed by atoms with van der Waals surface area (Å²) in [5.74, 6) is 0.431. The quantitative estimate of drug-likeness (QED) is 0.754. The van der Waals surface area contributed by atoms with Gasteiger partial charge in [0.2, 0.25) is 0 Å². The number of hydrogen-bond acceptors (Lipinski definition) is 5. The van der Waals surface area contributed by atoms with Crippen molar-refractivity contribution in [2.24, 2.45) is 14.1 Å². The highest BCUT2D eigenvalue weighted by molar-refractivity contribution is 5.33. The lowest BCUT2D eigenvalue weighted by molar-refractivity contribution is 0.109. The van der Waals surface area contributed by atoms with Crippen molar-refractivity contribution in [2.75, 3.05) is 31.5 Å². The summed E-state index contributed by atoms with van der Waals surface area (Å²) >= 11 is 0. The van der Waals surface area contributed by atoms with Crippen LogP contribution < -0.4 is 16.6 Å². The Morgan fingerprint density at radius 3 is 2.52 bits per heavy atom. The minimum atomic E-state index is -0.526. The van der Waals surface area contributed by atoms with Crippen molar-refractivity contribution >= 4 is 5.82 Å². The number of β-amino-alcohol motifs (C(OH)–C–C–N with tert-alkyl or cyclic N) is 1. The Hall–Kier alpha value is -1.60. The maximum absolute atomic E-state index is 11.8. The summed E-state index contributed by atoms with van der Waals surface area (Å²) in [6.07, 6.45) is 3.11. The van der Waals surface area contributed by atoms with Crippen molar-refractivity contribution in [3.8, 4) is 0 Å². The lowest BCUT2D eigenvalue weighted by atomic mass is 10.1. The molecular formula is C14H24N4O3. The van der Waals surface area contributed by atoms with Crippen LogP contribution in [0.3, 0.4) is 0 Å². The largest absolute Gasteiger partial charge is 0.390 e. The van der Waals surface area contributed by atoms with Crippen LogP contribution in [0.4, 0.5) is 5.82 Å². The second-order valence-electron chi connectivity index (χ2n) is 5.66. The number of nitrogens with zero attached hydrogens (tertiary/aromatic N) is 3. The van der Waals surface area contributed by atoms with Gasteiger partial charge in [0.1, 0.15) is 5.82 Å². The van der Waals surface area contributed by atoms with Gasteiger partial charge in [0.15, 0.2) is 0 Å². The van der Waals surface area contributed by atoms with Crippen molar-refractivity contribution in [3.63, 3.8) is 0 Å². The second kappa shape index (κ2) is 6.91. The van der Waals surface area contributed by atoms with E-state index in [-0.39, 0.29) is 11.2 Å². The van der Waals surface area contributed by atoms with Crippen LogP contribution in [-0.4, -0.2) is 51.4 Å². The Bertz CT molecular complexity index is 587. The van der Waals surface area contributed by atoms with Gasteiger partial charge in [-0.1, -0.05) is 6.42 Å². The van der Waals surface area contributed by atoms with E-state index in [4.69, 9.17) is 0 Å². The Kier molecular flexibility index (Phi) is 5.19. The van der Waals surface area contributed by atoms with E-state index in [0.29, 0.717) is 18.9 Å². The molecule has 1 fully saturated rings. The lowest BCUT2D eigenvalue weighted by Crippen LogP contribution is -2.41. The number of anilines is 1. The number of nitrogens with one attached hydrogen (secondary N) is 1. The predicted octanol–water partition coefficient (Wildman–Crippen LogP) is -0.657. The van der Waals surface area contributed by atoms with E-state index in [2.05, 4.69) is 10.2 Å². The van der Waals surface area contributed by atoms with Crippen LogP contribution in [0.2, 0.25) is 0 Å². The normalized spacial score (nSPS) is 17.7. The van der Waals surface area contributed by atoms with Crippen LogP contribution >= 0.6 is 0 Å². The summed E-state index contributed by atoms with van der Waals surface area (Å²) in [6.45, 7) is 2.99. The molecule has 1 atom stereocenters. The van der Waals surface area contributed by atoms with Crippen LogP contribution in [0.5, 0.6) is 0 Å². The topological polar surface area (TPSA) is 79.5 Å². The first-order valence-electron chi connectivity index (χ1n) is 7.40. The first-order valence-corrected chi connectivity index (χ1v) is 7.40. The Labute approximate surface area is 123 Å². The Balaban J connectivity index is 1.93. The fraction of sp³-hybridized carbons (Fsp3) is 0.714. The van der Waals surface area contributed by atoms with Crippen molar-refractivity contribution < 1.29 is 5.11 Å². The minimum Gasteiger partial charge on any atom is -0.390 e. The lowest BCUT2D eigenvalue weighted by Gasteiger charge is -2.28. The van der Waals surface area contributed by atoms with Gasteiger partial charge in [0.05, 0.1) is 6.10 Å². The van der Waals surface area contributed by atoms with Gasteiger partial charge in [-0.3, -0.25) is 13.9 Å². The zero-order valence-corrected chi connectivity index (χ0v) is 12.7. The molecule has 0 saturated carbocycles. The van der Waals surface area contributed by atoms with Crippen LogP contribution in [0.25, 0.3) is 0 Å². The molecule has 21 heavy (non-hydrogen) atoms. The summed E-state index contributed by atoms with van der Waals surface area (Å²) in [6, 6.07) is 1.37. The molecule has 7 heteroatoms. The number of aliphatic hydroxyl groups excluding tert-OH is 1. The van der Waals surface area contributed by atoms with Crippen molar-refractivity contribution in [3.05, 3.63) is 26.9 Å². The van der Waals surface area contributed by atoms with Crippen molar-refractivity contribution in [2.45, 2.75) is 25.4 Å². The van der Waals surface area contributed by atoms with Gasteiger partial charge >= 0.3 is 5.69 Å². The van der Waals surface area contributed by atoms with Gasteiger partial charge in [-0.25, -0.2) is 4.79 Å². The summed E-state index contributed by atoms with van der Waals surface area (Å²) in [5, 5.41) is 13.1. The van der Waals surface area contributed by atoms with E-state index < -0.39 is 6.10 Å². The maximum Gasteiger partial charge on any atom is 0.332 e. The molecule has 2 heterocycles. The molecule has 0 amide bonds. The molecular weight excluding hydrogens is 272 g/mol. The molecule has 1 unspecified atom stereocenters. The van der Waals surface area contributed by atoms with Crippen LogP contribution in [0.1, 0.15) is 19.3 Å². The zero-order valence-electron chi connectivity index (χ0n) is 12.7. The Morgan fingerprint density at radius 2 is 1.86 bits per heavy atom. The SMILES string of the molecule is Cn1c(NCC(O)CN2CCCCC2)cc(=O)n(C)c1=O. The number of rotatable bonds is 5. The molecule has 2 N–H and O–H groups in total. The number of aliphatic hydroxyl groups is 1. The highest BCUT2D eigenvalue weighted by Gasteiger charge is 2.15. The number of likely N-dealkylation sites (tertiary alicyclic amines) is 1. The molecule has 1 aromatic rings. The summed E-state index contributed by atoms with van der Waals surface area (Å²) in [5.41, 5.74) is -0.735. The predicted molar refractivity (Wildman–Crippen MR) is 81.7 cm³/mol. The number of piperidine rings is 1. The molecule has 1 aliphatic rings. The molecule has 0 bridgehead atoms. The maximum atomic E-state index is 11.8. The van der Waals surface area contributed by atoms with E-state index in [1.54, 1.807) is 7.05 Å². The van der Waals surface area contributed by atoms with Gasteiger partial charge in [-0.15, -0.1) is 0 Å². The Morgan fingerprint density at radius 1 is 1.19 bits per heavy atom. The van der Waals surface area contributed by atoms with E-state index in [1.807, 2.05) is 0 Å². The highest BCUT2D eigenvalue weighted by Crippen LogP contribution is 2.09. The molecule has 2 rings (SSSR count). The molecule has 0 radical (unpaired) electrons. The third-order valence-electron chi connectivity index (χ3n) is 3.96. The first kappa shape index (κ1) is 15.8. The van der Waals surface area contributed by atoms with E-state index in [1.165, 1.54) is 36.9 Å². The molecule has 1 saturated heterocycles. The first-order chi connectivity index (χ1) is 9.99. The average Bonchev–Trinajstić information content (AvgIpc) is 2.48. The molecule has 0 spiro atoms. The second-order valence-corrected chi connectivity index (χ2v) is 5.66. The van der Waals surface area contributed by atoms with E-state index >= 15 is 0 Å². The summed E-state index contributed by atoms with van der Waals surface area (Å²) in [7, 11) is 3.04.